The van der Waals surface area contributed by atoms with Crippen molar-refractivity contribution in [2.45, 2.75) is 27.0 Å². The van der Waals surface area contributed by atoms with Gasteiger partial charge in [0.2, 0.25) is 5.89 Å². The van der Waals surface area contributed by atoms with Gasteiger partial charge in [-0.05, 0) is 27.0 Å². The quantitative estimate of drug-likeness (QED) is 0.881. The van der Waals surface area contributed by atoms with Crippen LogP contribution in [0.5, 0.6) is 5.75 Å². The molecule has 0 saturated heterocycles. The molecular weight excluding hydrogens is 228 g/mol. The van der Waals surface area contributed by atoms with Crippen molar-refractivity contribution in [3.05, 3.63) is 47.2 Å². The minimum atomic E-state index is 0.357. The molecule has 0 aliphatic carbocycles. The molecule has 0 aliphatic rings. The molecule has 1 aromatic carbocycles. The summed E-state index contributed by atoms with van der Waals surface area (Å²) in [5, 5.41) is 3.12. The third-order valence-corrected chi connectivity index (χ3v) is 2.76. The van der Waals surface area contributed by atoms with Gasteiger partial charge in [0, 0.05) is 12.1 Å². The zero-order valence-electron chi connectivity index (χ0n) is 11.0. The van der Waals surface area contributed by atoms with Crippen molar-refractivity contribution in [1.82, 2.24) is 10.3 Å². The number of para-hydroxylation sites is 1. The zero-order chi connectivity index (χ0) is 13.0. The molecular formula is C14H18N2O2. The predicted molar refractivity (Wildman–Crippen MR) is 69.5 cm³/mol. The Hall–Kier alpha value is -1.81. The van der Waals surface area contributed by atoms with Crippen molar-refractivity contribution < 1.29 is 9.15 Å². The first-order chi connectivity index (χ1) is 8.70. The van der Waals surface area contributed by atoms with Crippen molar-refractivity contribution in [2.24, 2.45) is 0 Å². The minimum Gasteiger partial charge on any atom is -0.484 e. The van der Waals surface area contributed by atoms with E-state index in [9.17, 15) is 0 Å². The third-order valence-electron chi connectivity index (χ3n) is 2.76. The first kappa shape index (κ1) is 12.6. The van der Waals surface area contributed by atoms with Gasteiger partial charge in [-0.3, -0.25) is 0 Å². The number of hydrogen-bond acceptors (Lipinski definition) is 4. The molecule has 2 rings (SSSR count). The monoisotopic (exact) mass is 246 g/mol. The Balaban J connectivity index is 2.05. The highest BCUT2D eigenvalue weighted by Gasteiger charge is 2.07. The Morgan fingerprint density at radius 1 is 1.28 bits per heavy atom. The first-order valence-corrected chi connectivity index (χ1v) is 5.99. The summed E-state index contributed by atoms with van der Waals surface area (Å²) in [6.07, 6.45) is 0. The van der Waals surface area contributed by atoms with Crippen LogP contribution in [-0.4, -0.2) is 12.0 Å². The number of rotatable bonds is 5. The van der Waals surface area contributed by atoms with Gasteiger partial charge in [-0.25, -0.2) is 4.98 Å². The number of nitrogens with one attached hydrogen (secondary N) is 1. The minimum absolute atomic E-state index is 0.357. The molecule has 0 bridgehead atoms. The number of nitrogens with zero attached hydrogens (tertiary/aromatic N) is 1. The van der Waals surface area contributed by atoms with Gasteiger partial charge in [-0.1, -0.05) is 18.2 Å². The van der Waals surface area contributed by atoms with Crippen molar-refractivity contribution in [3.8, 4) is 5.75 Å². The van der Waals surface area contributed by atoms with Gasteiger partial charge in [0.25, 0.3) is 0 Å². The van der Waals surface area contributed by atoms with E-state index in [-0.39, 0.29) is 0 Å². The van der Waals surface area contributed by atoms with Crippen LogP contribution in [0.2, 0.25) is 0 Å². The summed E-state index contributed by atoms with van der Waals surface area (Å²) in [4.78, 5) is 4.29. The SMILES string of the molecule is CNCc1ccccc1OCc1nc(C)c(C)o1. The molecule has 1 aromatic heterocycles. The molecule has 0 saturated carbocycles. The highest BCUT2D eigenvalue weighted by atomic mass is 16.5. The summed E-state index contributed by atoms with van der Waals surface area (Å²) in [5.41, 5.74) is 2.04. The summed E-state index contributed by atoms with van der Waals surface area (Å²) in [7, 11) is 1.91. The lowest BCUT2D eigenvalue weighted by Gasteiger charge is -2.09. The summed E-state index contributed by atoms with van der Waals surface area (Å²) in [5.74, 6) is 2.32. The maximum Gasteiger partial charge on any atom is 0.232 e. The summed E-state index contributed by atoms with van der Waals surface area (Å²) in [6.45, 7) is 4.97. The Morgan fingerprint density at radius 2 is 2.06 bits per heavy atom. The summed E-state index contributed by atoms with van der Waals surface area (Å²) in [6, 6.07) is 7.95. The van der Waals surface area contributed by atoms with Crippen molar-refractivity contribution >= 4 is 0 Å². The van der Waals surface area contributed by atoms with Crippen LogP contribution in [0.15, 0.2) is 28.7 Å². The number of aryl methyl sites for hydroxylation is 2. The van der Waals surface area contributed by atoms with Crippen LogP contribution < -0.4 is 10.1 Å². The van der Waals surface area contributed by atoms with Crippen LogP contribution in [0, 0.1) is 13.8 Å². The molecule has 4 nitrogen and oxygen atoms in total. The Morgan fingerprint density at radius 3 is 2.72 bits per heavy atom. The lowest BCUT2D eigenvalue weighted by atomic mass is 10.2. The average Bonchev–Trinajstić information content (AvgIpc) is 2.68. The van der Waals surface area contributed by atoms with Gasteiger partial charge >= 0.3 is 0 Å². The van der Waals surface area contributed by atoms with Crippen LogP contribution in [0.1, 0.15) is 22.9 Å². The number of oxazole rings is 1. The van der Waals surface area contributed by atoms with Crippen molar-refractivity contribution in [3.63, 3.8) is 0 Å². The van der Waals surface area contributed by atoms with E-state index >= 15 is 0 Å². The lowest BCUT2D eigenvalue weighted by molar-refractivity contribution is 0.258. The van der Waals surface area contributed by atoms with Gasteiger partial charge < -0.3 is 14.5 Å². The highest BCUT2D eigenvalue weighted by Crippen LogP contribution is 2.19. The normalized spacial score (nSPS) is 10.6. The highest BCUT2D eigenvalue weighted by molar-refractivity contribution is 5.33. The van der Waals surface area contributed by atoms with Crippen LogP contribution >= 0.6 is 0 Å². The standard InChI is InChI=1S/C14H18N2O2/c1-10-11(2)18-14(16-10)9-17-13-7-5-4-6-12(13)8-15-3/h4-7,15H,8-9H2,1-3H3. The molecule has 1 N–H and O–H groups in total. The fraction of sp³-hybridized carbons (Fsp3) is 0.357. The number of ether oxygens (including phenoxy) is 1. The zero-order valence-corrected chi connectivity index (χ0v) is 11.0. The molecule has 18 heavy (non-hydrogen) atoms. The van der Waals surface area contributed by atoms with E-state index in [0.29, 0.717) is 12.5 Å². The first-order valence-electron chi connectivity index (χ1n) is 5.99. The number of benzene rings is 1. The maximum atomic E-state index is 5.75. The van der Waals surface area contributed by atoms with E-state index in [2.05, 4.69) is 10.3 Å². The second kappa shape index (κ2) is 5.69. The fourth-order valence-corrected chi connectivity index (χ4v) is 1.72. The molecule has 0 aliphatic heterocycles. The molecule has 0 atom stereocenters. The van der Waals surface area contributed by atoms with Gasteiger partial charge in [0.05, 0.1) is 5.69 Å². The summed E-state index contributed by atoms with van der Waals surface area (Å²) < 4.78 is 11.2. The van der Waals surface area contributed by atoms with E-state index in [1.807, 2.05) is 45.2 Å². The van der Waals surface area contributed by atoms with Gasteiger partial charge in [0.15, 0.2) is 6.61 Å². The fourth-order valence-electron chi connectivity index (χ4n) is 1.72. The summed E-state index contributed by atoms with van der Waals surface area (Å²) >= 11 is 0. The molecule has 0 spiro atoms. The molecule has 0 radical (unpaired) electrons. The largest absolute Gasteiger partial charge is 0.484 e. The molecule has 2 aromatic rings. The van der Waals surface area contributed by atoms with E-state index in [1.54, 1.807) is 0 Å². The van der Waals surface area contributed by atoms with Gasteiger partial charge in [0.1, 0.15) is 11.5 Å². The van der Waals surface area contributed by atoms with Crippen LogP contribution in [0.25, 0.3) is 0 Å². The number of hydrogen-bond donors (Lipinski definition) is 1. The molecule has 0 fully saturated rings. The van der Waals surface area contributed by atoms with E-state index in [4.69, 9.17) is 9.15 Å². The Labute approximate surface area is 107 Å². The molecule has 0 amide bonds. The van der Waals surface area contributed by atoms with Crippen molar-refractivity contribution in [2.75, 3.05) is 7.05 Å². The lowest BCUT2D eigenvalue weighted by Crippen LogP contribution is -2.07. The van der Waals surface area contributed by atoms with Crippen LogP contribution in [0.4, 0.5) is 0 Å². The Kier molecular flexibility index (Phi) is 3.99. The van der Waals surface area contributed by atoms with E-state index in [1.165, 1.54) is 0 Å². The second-order valence-electron chi connectivity index (χ2n) is 4.18. The number of aromatic nitrogens is 1. The topological polar surface area (TPSA) is 47.3 Å². The third kappa shape index (κ3) is 2.90. The van der Waals surface area contributed by atoms with E-state index < -0.39 is 0 Å². The molecule has 1 heterocycles. The van der Waals surface area contributed by atoms with Crippen LogP contribution in [-0.2, 0) is 13.2 Å². The Bertz CT molecular complexity index is 501. The van der Waals surface area contributed by atoms with Crippen molar-refractivity contribution in [1.29, 1.82) is 0 Å². The molecule has 4 heteroatoms. The second-order valence-corrected chi connectivity index (χ2v) is 4.18. The van der Waals surface area contributed by atoms with E-state index in [0.717, 1.165) is 29.3 Å². The predicted octanol–water partition coefficient (Wildman–Crippen LogP) is 2.59. The average molecular weight is 246 g/mol. The van der Waals surface area contributed by atoms with Crippen LogP contribution in [0.3, 0.4) is 0 Å². The van der Waals surface area contributed by atoms with Gasteiger partial charge in [-0.15, -0.1) is 0 Å². The van der Waals surface area contributed by atoms with Gasteiger partial charge in [-0.2, -0.15) is 0 Å². The smallest absolute Gasteiger partial charge is 0.232 e. The maximum absolute atomic E-state index is 5.75. The molecule has 0 unspecified atom stereocenters. The molecule has 96 valence electrons.